The molecule has 1 aliphatic carbocycles. The highest BCUT2D eigenvalue weighted by molar-refractivity contribution is 5.38. The van der Waals surface area contributed by atoms with E-state index in [2.05, 4.69) is 32.9 Å². The highest BCUT2D eigenvalue weighted by Gasteiger charge is 2.31. The summed E-state index contributed by atoms with van der Waals surface area (Å²) < 4.78 is 0. The number of rotatable bonds is 2. The summed E-state index contributed by atoms with van der Waals surface area (Å²) in [4.78, 5) is 0. The van der Waals surface area contributed by atoms with Gasteiger partial charge in [-0.15, -0.1) is 0 Å². The van der Waals surface area contributed by atoms with Gasteiger partial charge >= 0.3 is 0 Å². The van der Waals surface area contributed by atoms with Crippen molar-refractivity contribution < 1.29 is 5.11 Å². The Kier molecular flexibility index (Phi) is 3.07. The molecule has 0 unspecified atom stereocenters. The molecule has 0 aromatic heterocycles. The zero-order valence-corrected chi connectivity index (χ0v) is 10.6. The first kappa shape index (κ1) is 11.7. The quantitative estimate of drug-likeness (QED) is 0.806. The van der Waals surface area contributed by atoms with E-state index in [0.29, 0.717) is 0 Å². The first-order chi connectivity index (χ1) is 7.50. The van der Waals surface area contributed by atoms with E-state index in [1.165, 1.54) is 35.1 Å². The summed E-state index contributed by atoms with van der Waals surface area (Å²) in [5.41, 5.74) is 4.91. The van der Waals surface area contributed by atoms with Gasteiger partial charge < -0.3 is 5.11 Å². The van der Waals surface area contributed by atoms with Gasteiger partial charge in [-0.1, -0.05) is 30.5 Å². The summed E-state index contributed by atoms with van der Waals surface area (Å²) >= 11 is 0. The van der Waals surface area contributed by atoms with E-state index in [1.807, 2.05) is 0 Å². The zero-order valence-electron chi connectivity index (χ0n) is 10.6. The second-order valence-electron chi connectivity index (χ2n) is 5.49. The average molecular weight is 218 g/mol. The van der Waals surface area contributed by atoms with Crippen LogP contribution in [-0.4, -0.2) is 10.7 Å². The second kappa shape index (κ2) is 4.21. The van der Waals surface area contributed by atoms with Crippen LogP contribution < -0.4 is 0 Å². The van der Waals surface area contributed by atoms with Crippen molar-refractivity contribution in [1.82, 2.24) is 0 Å². The van der Waals surface area contributed by atoms with Gasteiger partial charge in [-0.05, 0) is 50.3 Å². The number of aryl methyl sites for hydroxylation is 3. The molecule has 0 atom stereocenters. The molecular weight excluding hydrogens is 196 g/mol. The Balaban J connectivity index is 2.27. The van der Waals surface area contributed by atoms with Crippen LogP contribution in [0.1, 0.15) is 47.9 Å². The fraction of sp³-hybridized carbons (Fsp3) is 0.600. The first-order valence-electron chi connectivity index (χ1n) is 6.29. The maximum absolute atomic E-state index is 10.5. The standard InChI is InChI=1S/C15H22O/c1-11-8-12(2)14(13(3)9-11)10-15(16)6-4-5-7-15/h8-9,16H,4-7,10H2,1-3H3. The van der Waals surface area contributed by atoms with Gasteiger partial charge in [0.15, 0.2) is 0 Å². The predicted molar refractivity (Wildman–Crippen MR) is 67.8 cm³/mol. The van der Waals surface area contributed by atoms with Crippen LogP contribution in [-0.2, 0) is 6.42 Å². The van der Waals surface area contributed by atoms with Gasteiger partial charge in [-0.3, -0.25) is 0 Å². The normalized spacial score (nSPS) is 19.0. The average Bonchev–Trinajstić information content (AvgIpc) is 2.59. The lowest BCUT2D eigenvalue weighted by molar-refractivity contribution is 0.0479. The molecule has 0 heterocycles. The Labute approximate surface area is 98.5 Å². The van der Waals surface area contributed by atoms with Crippen LogP contribution in [0.3, 0.4) is 0 Å². The molecule has 1 N–H and O–H groups in total. The van der Waals surface area contributed by atoms with Crippen LogP contribution >= 0.6 is 0 Å². The highest BCUT2D eigenvalue weighted by Crippen LogP contribution is 2.34. The monoisotopic (exact) mass is 218 g/mol. The molecule has 0 spiro atoms. The summed E-state index contributed by atoms with van der Waals surface area (Å²) in [6, 6.07) is 4.45. The fourth-order valence-electron chi connectivity index (χ4n) is 3.03. The molecule has 0 saturated heterocycles. The molecule has 88 valence electrons. The maximum Gasteiger partial charge on any atom is 0.0688 e. The Morgan fingerprint density at radius 3 is 2.06 bits per heavy atom. The van der Waals surface area contributed by atoms with Gasteiger partial charge in [0.25, 0.3) is 0 Å². The van der Waals surface area contributed by atoms with Crippen molar-refractivity contribution >= 4 is 0 Å². The van der Waals surface area contributed by atoms with Gasteiger partial charge in [0.05, 0.1) is 5.60 Å². The van der Waals surface area contributed by atoms with Crippen molar-refractivity contribution in [3.05, 3.63) is 34.4 Å². The molecule has 0 radical (unpaired) electrons. The van der Waals surface area contributed by atoms with Crippen molar-refractivity contribution in [3.8, 4) is 0 Å². The van der Waals surface area contributed by atoms with E-state index < -0.39 is 5.60 Å². The van der Waals surface area contributed by atoms with Gasteiger partial charge in [-0.25, -0.2) is 0 Å². The van der Waals surface area contributed by atoms with Crippen LogP contribution in [0, 0.1) is 20.8 Å². The van der Waals surface area contributed by atoms with E-state index >= 15 is 0 Å². The largest absolute Gasteiger partial charge is 0.390 e. The smallest absolute Gasteiger partial charge is 0.0688 e. The first-order valence-corrected chi connectivity index (χ1v) is 6.29. The van der Waals surface area contributed by atoms with Crippen LogP contribution in [0.5, 0.6) is 0 Å². The van der Waals surface area contributed by atoms with Crippen molar-refractivity contribution in [2.45, 2.75) is 58.5 Å². The van der Waals surface area contributed by atoms with Crippen LogP contribution in [0.15, 0.2) is 12.1 Å². The summed E-state index contributed by atoms with van der Waals surface area (Å²) in [6.07, 6.45) is 5.14. The third kappa shape index (κ3) is 2.30. The predicted octanol–water partition coefficient (Wildman–Crippen LogP) is 3.46. The Morgan fingerprint density at radius 2 is 1.56 bits per heavy atom. The minimum absolute atomic E-state index is 0.426. The maximum atomic E-state index is 10.5. The number of hydrogen-bond acceptors (Lipinski definition) is 1. The zero-order chi connectivity index (χ0) is 11.8. The molecule has 16 heavy (non-hydrogen) atoms. The lowest BCUT2D eigenvalue weighted by Gasteiger charge is -2.24. The van der Waals surface area contributed by atoms with Gasteiger partial charge in [0, 0.05) is 6.42 Å². The second-order valence-corrected chi connectivity index (χ2v) is 5.49. The molecule has 1 aromatic rings. The SMILES string of the molecule is Cc1cc(C)c(CC2(O)CCCC2)c(C)c1. The van der Waals surface area contributed by atoms with Crippen LogP contribution in [0.4, 0.5) is 0 Å². The van der Waals surface area contributed by atoms with E-state index in [0.717, 1.165) is 19.3 Å². The lowest BCUT2D eigenvalue weighted by Crippen LogP contribution is -2.27. The molecule has 1 saturated carbocycles. The van der Waals surface area contributed by atoms with E-state index in [-0.39, 0.29) is 0 Å². The van der Waals surface area contributed by atoms with Gasteiger partial charge in [-0.2, -0.15) is 0 Å². The molecule has 1 aliphatic rings. The summed E-state index contributed by atoms with van der Waals surface area (Å²) in [5.74, 6) is 0. The van der Waals surface area contributed by atoms with E-state index in [1.54, 1.807) is 0 Å². The molecule has 2 rings (SSSR count). The topological polar surface area (TPSA) is 20.2 Å². The van der Waals surface area contributed by atoms with Crippen LogP contribution in [0.2, 0.25) is 0 Å². The molecule has 1 heteroatoms. The molecule has 0 amide bonds. The number of benzene rings is 1. The molecule has 0 bridgehead atoms. The fourth-order valence-corrected chi connectivity index (χ4v) is 3.03. The summed E-state index contributed by atoms with van der Waals surface area (Å²) in [5, 5.41) is 10.5. The van der Waals surface area contributed by atoms with Gasteiger partial charge in [0.1, 0.15) is 0 Å². The Bertz CT molecular complexity index is 363. The minimum atomic E-state index is -0.426. The highest BCUT2D eigenvalue weighted by atomic mass is 16.3. The summed E-state index contributed by atoms with van der Waals surface area (Å²) in [6.45, 7) is 6.45. The summed E-state index contributed by atoms with van der Waals surface area (Å²) in [7, 11) is 0. The molecule has 1 aromatic carbocycles. The molecule has 1 nitrogen and oxygen atoms in total. The lowest BCUT2D eigenvalue weighted by atomic mass is 9.87. The Hall–Kier alpha value is -0.820. The van der Waals surface area contributed by atoms with Crippen LogP contribution in [0.25, 0.3) is 0 Å². The molecule has 0 aliphatic heterocycles. The van der Waals surface area contributed by atoms with Crippen molar-refractivity contribution in [3.63, 3.8) is 0 Å². The number of aliphatic hydroxyl groups is 1. The Morgan fingerprint density at radius 1 is 1.06 bits per heavy atom. The minimum Gasteiger partial charge on any atom is -0.390 e. The third-order valence-electron chi connectivity index (χ3n) is 3.88. The number of hydrogen-bond donors (Lipinski definition) is 1. The third-order valence-corrected chi connectivity index (χ3v) is 3.88. The van der Waals surface area contributed by atoms with Crippen molar-refractivity contribution in [1.29, 1.82) is 0 Å². The van der Waals surface area contributed by atoms with Gasteiger partial charge in [0.2, 0.25) is 0 Å². The van der Waals surface area contributed by atoms with E-state index in [9.17, 15) is 5.11 Å². The van der Waals surface area contributed by atoms with Crippen molar-refractivity contribution in [2.75, 3.05) is 0 Å². The van der Waals surface area contributed by atoms with Crippen molar-refractivity contribution in [2.24, 2.45) is 0 Å². The van der Waals surface area contributed by atoms with E-state index in [4.69, 9.17) is 0 Å². The molecular formula is C15H22O. The molecule has 1 fully saturated rings.